The summed E-state index contributed by atoms with van der Waals surface area (Å²) in [5, 5.41) is 21.6. The van der Waals surface area contributed by atoms with Gasteiger partial charge in [0.05, 0.1) is 11.1 Å². The minimum absolute atomic E-state index is 0.0654. The van der Waals surface area contributed by atoms with Crippen molar-refractivity contribution in [1.29, 1.82) is 0 Å². The molecule has 0 unspecified atom stereocenters. The Morgan fingerprint density at radius 2 is 1.95 bits per heavy atom. The third-order valence-electron chi connectivity index (χ3n) is 2.74. The number of carboxylic acid groups (broad SMARTS) is 1. The van der Waals surface area contributed by atoms with Gasteiger partial charge in [-0.3, -0.25) is 4.79 Å². The number of phenolic OH excluding ortho intramolecular Hbond substituents is 1. The van der Waals surface area contributed by atoms with Crippen molar-refractivity contribution in [3.05, 3.63) is 46.3 Å². The molecule has 1 aromatic heterocycles. The number of hydrogen-bond acceptors (Lipinski definition) is 4. The quantitative estimate of drug-likeness (QED) is 0.808. The molecule has 0 radical (unpaired) electrons. The second kappa shape index (κ2) is 5.75. The van der Waals surface area contributed by atoms with E-state index in [2.05, 4.69) is 5.32 Å². The number of carboxylic acids is 1. The average Bonchev–Trinajstić information content (AvgIpc) is 2.82. The highest BCUT2D eigenvalue weighted by atomic mass is 32.1. The lowest BCUT2D eigenvalue weighted by atomic mass is 10.2. The normalized spacial score (nSPS) is 10.2. The zero-order valence-corrected chi connectivity index (χ0v) is 11.5. The first-order valence-electron chi connectivity index (χ1n) is 5.98. The van der Waals surface area contributed by atoms with E-state index >= 15 is 0 Å². The number of thiophene rings is 1. The molecule has 0 fully saturated rings. The molecule has 2 rings (SSSR count). The standard InChI is InChI=1S/C14H13NO4S/c1-2-8-7-10(14(18)19)13(20-8)15-12(17)9-5-3-4-6-11(9)16/h3-7,16H,2H2,1H3,(H,15,17)(H,18,19). The number of para-hydroxylation sites is 1. The molecule has 0 bridgehead atoms. The van der Waals surface area contributed by atoms with Crippen LogP contribution in [0.4, 0.5) is 5.00 Å². The number of nitrogens with one attached hydrogen (secondary N) is 1. The molecule has 6 heteroatoms. The molecule has 20 heavy (non-hydrogen) atoms. The second-order valence-corrected chi connectivity index (χ2v) is 5.22. The lowest BCUT2D eigenvalue weighted by Gasteiger charge is -2.05. The fraction of sp³-hybridized carbons (Fsp3) is 0.143. The first-order chi connectivity index (χ1) is 9.52. The summed E-state index contributed by atoms with van der Waals surface area (Å²) in [6.07, 6.45) is 0.692. The Bertz CT molecular complexity index is 663. The van der Waals surface area contributed by atoms with Gasteiger partial charge in [-0.15, -0.1) is 11.3 Å². The van der Waals surface area contributed by atoms with Crippen LogP contribution in [-0.4, -0.2) is 22.1 Å². The number of carbonyl (C=O) groups is 2. The summed E-state index contributed by atoms with van der Waals surface area (Å²) in [5.74, 6) is -1.77. The molecule has 0 aliphatic heterocycles. The van der Waals surface area contributed by atoms with Crippen molar-refractivity contribution in [2.75, 3.05) is 5.32 Å². The largest absolute Gasteiger partial charge is 0.507 e. The van der Waals surface area contributed by atoms with E-state index in [0.29, 0.717) is 6.42 Å². The van der Waals surface area contributed by atoms with Gasteiger partial charge in [0.15, 0.2) is 0 Å². The topological polar surface area (TPSA) is 86.6 Å². The Hall–Kier alpha value is -2.34. The van der Waals surface area contributed by atoms with Crippen molar-refractivity contribution in [2.45, 2.75) is 13.3 Å². The molecule has 0 saturated carbocycles. The van der Waals surface area contributed by atoms with Crippen LogP contribution in [0, 0.1) is 0 Å². The molecule has 3 N–H and O–H groups in total. The summed E-state index contributed by atoms with van der Waals surface area (Å²) < 4.78 is 0. The van der Waals surface area contributed by atoms with Gasteiger partial charge in [0.25, 0.3) is 5.91 Å². The number of aryl methyl sites for hydroxylation is 1. The summed E-state index contributed by atoms with van der Waals surface area (Å²) >= 11 is 1.22. The molecule has 1 heterocycles. The third kappa shape index (κ3) is 2.80. The maximum atomic E-state index is 12.0. The minimum atomic E-state index is -1.09. The smallest absolute Gasteiger partial charge is 0.338 e. The number of hydrogen-bond donors (Lipinski definition) is 3. The first-order valence-corrected chi connectivity index (χ1v) is 6.80. The van der Waals surface area contributed by atoms with Crippen LogP contribution in [0.1, 0.15) is 32.5 Å². The Balaban J connectivity index is 2.30. The van der Waals surface area contributed by atoms with Gasteiger partial charge >= 0.3 is 5.97 Å². The number of anilines is 1. The summed E-state index contributed by atoms with van der Waals surface area (Å²) in [5.41, 5.74) is 0.172. The van der Waals surface area contributed by atoms with Crippen molar-refractivity contribution in [2.24, 2.45) is 0 Å². The van der Waals surface area contributed by atoms with Gasteiger partial charge in [-0.25, -0.2) is 4.79 Å². The monoisotopic (exact) mass is 291 g/mol. The number of aromatic hydroxyl groups is 1. The Morgan fingerprint density at radius 3 is 2.55 bits per heavy atom. The molecule has 0 spiro atoms. The molecular weight excluding hydrogens is 278 g/mol. The van der Waals surface area contributed by atoms with E-state index < -0.39 is 11.9 Å². The zero-order chi connectivity index (χ0) is 14.7. The van der Waals surface area contributed by atoms with Gasteiger partial charge in [-0.2, -0.15) is 0 Å². The molecule has 0 saturated heterocycles. The number of rotatable bonds is 4. The highest BCUT2D eigenvalue weighted by Gasteiger charge is 2.18. The van der Waals surface area contributed by atoms with Crippen molar-refractivity contribution >= 4 is 28.2 Å². The first kappa shape index (κ1) is 14.1. The molecule has 1 aromatic carbocycles. The molecule has 0 aliphatic rings. The van der Waals surface area contributed by atoms with Crippen LogP contribution in [0.2, 0.25) is 0 Å². The second-order valence-electron chi connectivity index (χ2n) is 4.09. The molecule has 104 valence electrons. The minimum Gasteiger partial charge on any atom is -0.507 e. The van der Waals surface area contributed by atoms with Gasteiger partial charge in [0.1, 0.15) is 10.8 Å². The molecule has 0 atom stereocenters. The van der Waals surface area contributed by atoms with Crippen LogP contribution >= 0.6 is 11.3 Å². The van der Waals surface area contributed by atoms with Gasteiger partial charge in [-0.05, 0) is 24.6 Å². The van der Waals surface area contributed by atoms with E-state index in [4.69, 9.17) is 5.11 Å². The van der Waals surface area contributed by atoms with E-state index in [1.54, 1.807) is 18.2 Å². The summed E-state index contributed by atoms with van der Waals surface area (Å²) in [4.78, 5) is 24.1. The van der Waals surface area contributed by atoms with E-state index in [1.807, 2.05) is 6.92 Å². The number of benzene rings is 1. The Kier molecular flexibility index (Phi) is 4.05. The molecular formula is C14H13NO4S. The summed E-state index contributed by atoms with van der Waals surface area (Å²) in [6, 6.07) is 7.65. The predicted molar refractivity (Wildman–Crippen MR) is 76.7 cm³/mol. The van der Waals surface area contributed by atoms with Crippen LogP contribution in [0.25, 0.3) is 0 Å². The third-order valence-corrected chi connectivity index (χ3v) is 3.93. The van der Waals surface area contributed by atoms with Gasteiger partial charge in [0, 0.05) is 4.88 Å². The highest BCUT2D eigenvalue weighted by molar-refractivity contribution is 7.16. The number of carbonyl (C=O) groups excluding carboxylic acids is 1. The number of phenols is 1. The van der Waals surface area contributed by atoms with E-state index in [1.165, 1.54) is 23.5 Å². The van der Waals surface area contributed by atoms with Crippen molar-refractivity contribution in [3.8, 4) is 5.75 Å². The Morgan fingerprint density at radius 1 is 1.25 bits per heavy atom. The number of amides is 1. The van der Waals surface area contributed by atoms with Crippen LogP contribution in [0.15, 0.2) is 30.3 Å². The van der Waals surface area contributed by atoms with E-state index in [9.17, 15) is 14.7 Å². The molecule has 0 aliphatic carbocycles. The SMILES string of the molecule is CCc1cc(C(=O)O)c(NC(=O)c2ccccc2O)s1. The van der Waals surface area contributed by atoms with Crippen LogP contribution < -0.4 is 5.32 Å². The summed E-state index contributed by atoms with van der Waals surface area (Å²) in [6.45, 7) is 1.91. The van der Waals surface area contributed by atoms with Crippen molar-refractivity contribution in [3.63, 3.8) is 0 Å². The Labute approximate surface area is 119 Å². The van der Waals surface area contributed by atoms with Crippen LogP contribution in [0.3, 0.4) is 0 Å². The average molecular weight is 291 g/mol. The highest BCUT2D eigenvalue weighted by Crippen LogP contribution is 2.29. The van der Waals surface area contributed by atoms with Gasteiger partial charge in [0.2, 0.25) is 0 Å². The lowest BCUT2D eigenvalue weighted by molar-refractivity contribution is 0.0698. The molecule has 5 nitrogen and oxygen atoms in total. The molecule has 2 aromatic rings. The maximum absolute atomic E-state index is 12.0. The zero-order valence-electron chi connectivity index (χ0n) is 10.7. The summed E-state index contributed by atoms with van der Waals surface area (Å²) in [7, 11) is 0. The van der Waals surface area contributed by atoms with Crippen LogP contribution in [0.5, 0.6) is 5.75 Å². The van der Waals surface area contributed by atoms with Gasteiger partial charge in [-0.1, -0.05) is 19.1 Å². The fourth-order valence-corrected chi connectivity index (χ4v) is 2.69. The fourth-order valence-electron chi connectivity index (χ4n) is 1.70. The molecule has 1 amide bonds. The van der Waals surface area contributed by atoms with Crippen LogP contribution in [-0.2, 0) is 6.42 Å². The lowest BCUT2D eigenvalue weighted by Crippen LogP contribution is -2.13. The van der Waals surface area contributed by atoms with E-state index in [0.717, 1.165) is 4.88 Å². The maximum Gasteiger partial charge on any atom is 0.338 e. The predicted octanol–water partition coefficient (Wildman–Crippen LogP) is 2.97. The van der Waals surface area contributed by atoms with Crippen molar-refractivity contribution < 1.29 is 19.8 Å². The van der Waals surface area contributed by atoms with E-state index in [-0.39, 0.29) is 21.9 Å². The number of aromatic carboxylic acids is 1. The van der Waals surface area contributed by atoms with Gasteiger partial charge < -0.3 is 15.5 Å². The van der Waals surface area contributed by atoms with Crippen molar-refractivity contribution in [1.82, 2.24) is 0 Å².